The second-order valence-corrected chi connectivity index (χ2v) is 4.72. The molecule has 0 aromatic heterocycles. The fourth-order valence-electron chi connectivity index (χ4n) is 1.65. The molecule has 0 spiro atoms. The van der Waals surface area contributed by atoms with Crippen LogP contribution in [-0.4, -0.2) is 17.5 Å². The molecule has 0 fully saturated rings. The van der Waals surface area contributed by atoms with Gasteiger partial charge in [-0.2, -0.15) is 8.78 Å². The zero-order valence-electron chi connectivity index (χ0n) is 10.2. The number of benzene rings is 1. The fraction of sp³-hybridized carbons (Fsp3) is 0.538. The molecule has 1 atom stereocenters. The predicted octanol–water partition coefficient (Wildman–Crippen LogP) is 3.82. The van der Waals surface area contributed by atoms with Gasteiger partial charge in [0.05, 0.1) is 0 Å². The van der Waals surface area contributed by atoms with Gasteiger partial charge in [-0.25, -0.2) is 8.78 Å². The Bertz CT molecular complexity index is 373. The van der Waals surface area contributed by atoms with E-state index in [4.69, 9.17) is 0 Å². The first-order valence-electron chi connectivity index (χ1n) is 5.68. The molecular formula is C13H16F4O. The summed E-state index contributed by atoms with van der Waals surface area (Å²) in [5, 5.41) is 9.26. The highest BCUT2D eigenvalue weighted by Crippen LogP contribution is 2.36. The van der Waals surface area contributed by atoms with Crippen LogP contribution in [0.4, 0.5) is 17.6 Å². The Morgan fingerprint density at radius 3 is 2.00 bits per heavy atom. The summed E-state index contributed by atoms with van der Waals surface area (Å²) in [6, 6.07) is 5.66. The second-order valence-electron chi connectivity index (χ2n) is 4.72. The first-order chi connectivity index (χ1) is 8.25. The van der Waals surface area contributed by atoms with Gasteiger partial charge in [0.2, 0.25) is 0 Å². The highest BCUT2D eigenvalue weighted by atomic mass is 19.3. The van der Waals surface area contributed by atoms with Crippen molar-refractivity contribution in [2.75, 3.05) is 0 Å². The highest BCUT2D eigenvalue weighted by molar-refractivity contribution is 5.25. The van der Waals surface area contributed by atoms with Crippen molar-refractivity contribution in [1.82, 2.24) is 0 Å². The van der Waals surface area contributed by atoms with Gasteiger partial charge < -0.3 is 5.11 Å². The van der Waals surface area contributed by atoms with Crippen molar-refractivity contribution in [3.05, 3.63) is 35.4 Å². The third-order valence-corrected chi connectivity index (χ3v) is 2.59. The molecule has 0 saturated carbocycles. The molecule has 1 aromatic carbocycles. The molecule has 0 aliphatic carbocycles. The average molecular weight is 264 g/mol. The smallest absolute Gasteiger partial charge is 0.336 e. The molecular weight excluding hydrogens is 248 g/mol. The van der Waals surface area contributed by atoms with Gasteiger partial charge in [-0.15, -0.1) is 0 Å². The molecule has 0 aliphatic rings. The van der Waals surface area contributed by atoms with E-state index in [0.29, 0.717) is 5.92 Å². The molecule has 102 valence electrons. The highest BCUT2D eigenvalue weighted by Gasteiger charge is 2.48. The molecule has 1 aromatic rings. The number of alkyl halides is 4. The van der Waals surface area contributed by atoms with Gasteiger partial charge >= 0.3 is 12.3 Å². The van der Waals surface area contributed by atoms with Crippen LogP contribution in [0.2, 0.25) is 0 Å². The van der Waals surface area contributed by atoms with Crippen molar-refractivity contribution < 1.29 is 22.7 Å². The van der Waals surface area contributed by atoms with Gasteiger partial charge in [0, 0.05) is 0 Å². The topological polar surface area (TPSA) is 20.2 Å². The normalized spacial score (nSPS) is 14.3. The van der Waals surface area contributed by atoms with Crippen molar-refractivity contribution in [1.29, 1.82) is 0 Å². The lowest BCUT2D eigenvalue weighted by molar-refractivity contribution is -0.193. The molecule has 1 unspecified atom stereocenters. The molecule has 0 bridgehead atoms. The number of rotatable bonds is 5. The van der Waals surface area contributed by atoms with Crippen molar-refractivity contribution in [3.63, 3.8) is 0 Å². The number of aliphatic hydroxyl groups is 1. The van der Waals surface area contributed by atoms with Gasteiger partial charge in [-0.05, 0) is 23.5 Å². The summed E-state index contributed by atoms with van der Waals surface area (Å²) < 4.78 is 50.1. The SMILES string of the molecule is CC(C)Cc1ccc(C(O)C(F)(F)C(F)F)cc1. The quantitative estimate of drug-likeness (QED) is 0.801. The molecule has 1 nitrogen and oxygen atoms in total. The second kappa shape index (κ2) is 5.69. The van der Waals surface area contributed by atoms with Crippen molar-refractivity contribution in [2.24, 2.45) is 5.92 Å². The van der Waals surface area contributed by atoms with Crippen LogP contribution in [0.3, 0.4) is 0 Å². The molecule has 0 heterocycles. The molecule has 0 amide bonds. The number of hydrogen-bond acceptors (Lipinski definition) is 1. The summed E-state index contributed by atoms with van der Waals surface area (Å²) in [6.07, 6.45) is -5.60. The lowest BCUT2D eigenvalue weighted by Crippen LogP contribution is -2.34. The van der Waals surface area contributed by atoms with Crippen LogP contribution in [0.15, 0.2) is 24.3 Å². The minimum Gasteiger partial charge on any atom is -0.382 e. The Morgan fingerprint density at radius 1 is 1.11 bits per heavy atom. The third kappa shape index (κ3) is 3.45. The van der Waals surface area contributed by atoms with E-state index in [1.54, 1.807) is 12.1 Å². The summed E-state index contributed by atoms with van der Waals surface area (Å²) in [4.78, 5) is 0. The fourth-order valence-corrected chi connectivity index (χ4v) is 1.65. The summed E-state index contributed by atoms with van der Waals surface area (Å²) in [6.45, 7) is 4.02. The van der Waals surface area contributed by atoms with Crippen molar-refractivity contribution in [3.8, 4) is 0 Å². The Labute approximate surface area is 103 Å². The van der Waals surface area contributed by atoms with Crippen LogP contribution in [0.5, 0.6) is 0 Å². The first kappa shape index (κ1) is 15.0. The van der Waals surface area contributed by atoms with Crippen molar-refractivity contribution in [2.45, 2.75) is 38.7 Å². The summed E-state index contributed by atoms with van der Waals surface area (Å²) >= 11 is 0. The van der Waals surface area contributed by atoms with E-state index in [-0.39, 0.29) is 5.56 Å². The van der Waals surface area contributed by atoms with Crippen molar-refractivity contribution >= 4 is 0 Å². The molecule has 1 N–H and O–H groups in total. The minimum atomic E-state index is -4.43. The molecule has 18 heavy (non-hydrogen) atoms. The lowest BCUT2D eigenvalue weighted by Gasteiger charge is -2.22. The van der Waals surface area contributed by atoms with Crippen LogP contribution in [-0.2, 0) is 6.42 Å². The van der Waals surface area contributed by atoms with Crippen LogP contribution in [0.25, 0.3) is 0 Å². The van der Waals surface area contributed by atoms with E-state index in [2.05, 4.69) is 0 Å². The zero-order chi connectivity index (χ0) is 13.9. The van der Waals surface area contributed by atoms with Gasteiger partial charge in [0.15, 0.2) is 0 Å². The first-order valence-corrected chi connectivity index (χ1v) is 5.68. The number of aliphatic hydroxyl groups excluding tert-OH is 1. The summed E-state index contributed by atoms with van der Waals surface area (Å²) in [7, 11) is 0. The summed E-state index contributed by atoms with van der Waals surface area (Å²) in [5.74, 6) is -4.03. The predicted molar refractivity (Wildman–Crippen MR) is 60.9 cm³/mol. The van der Waals surface area contributed by atoms with Crippen LogP contribution >= 0.6 is 0 Å². The standard InChI is InChI=1S/C13H16F4O/c1-8(2)7-9-3-5-10(6-4-9)11(18)13(16,17)12(14)15/h3-6,8,11-12,18H,7H2,1-2H3. The van der Waals surface area contributed by atoms with E-state index >= 15 is 0 Å². The van der Waals surface area contributed by atoms with Gasteiger partial charge in [-0.1, -0.05) is 38.1 Å². The maximum Gasteiger partial charge on any atom is 0.336 e. The minimum absolute atomic E-state index is 0.201. The van der Waals surface area contributed by atoms with Gasteiger partial charge in [0.1, 0.15) is 6.10 Å². The Balaban J connectivity index is 2.85. The molecule has 0 aliphatic heterocycles. The Hall–Kier alpha value is -1.10. The molecule has 0 radical (unpaired) electrons. The maximum atomic E-state index is 12.9. The summed E-state index contributed by atoms with van der Waals surface area (Å²) in [5.41, 5.74) is 0.717. The largest absolute Gasteiger partial charge is 0.382 e. The third-order valence-electron chi connectivity index (χ3n) is 2.59. The number of hydrogen-bond donors (Lipinski definition) is 1. The average Bonchev–Trinajstić information content (AvgIpc) is 2.28. The molecule has 0 saturated heterocycles. The van der Waals surface area contributed by atoms with E-state index in [1.807, 2.05) is 13.8 Å². The van der Waals surface area contributed by atoms with E-state index in [0.717, 1.165) is 12.0 Å². The van der Waals surface area contributed by atoms with Crippen LogP contribution in [0, 0.1) is 5.92 Å². The van der Waals surface area contributed by atoms with E-state index in [9.17, 15) is 22.7 Å². The lowest BCUT2D eigenvalue weighted by atomic mass is 9.98. The van der Waals surface area contributed by atoms with Gasteiger partial charge in [-0.3, -0.25) is 0 Å². The van der Waals surface area contributed by atoms with E-state index in [1.165, 1.54) is 12.1 Å². The zero-order valence-corrected chi connectivity index (χ0v) is 10.2. The number of halogens is 4. The Kier molecular flexibility index (Phi) is 4.73. The van der Waals surface area contributed by atoms with Gasteiger partial charge in [0.25, 0.3) is 0 Å². The van der Waals surface area contributed by atoms with E-state index < -0.39 is 18.5 Å². The molecule has 5 heteroatoms. The van der Waals surface area contributed by atoms with Crippen LogP contribution < -0.4 is 0 Å². The van der Waals surface area contributed by atoms with Crippen LogP contribution in [0.1, 0.15) is 31.1 Å². The molecule has 1 rings (SSSR count). The maximum absolute atomic E-state index is 12.9. The monoisotopic (exact) mass is 264 g/mol. The Morgan fingerprint density at radius 2 is 1.61 bits per heavy atom.